The average Bonchev–Trinajstić information content (AvgIpc) is 3.04. The van der Waals surface area contributed by atoms with Gasteiger partial charge in [-0.05, 0) is 36.1 Å². The number of rotatable bonds is 10. The van der Waals surface area contributed by atoms with E-state index in [1.165, 1.54) is 0 Å². The van der Waals surface area contributed by atoms with Crippen LogP contribution in [0.4, 0.5) is 0 Å². The average molecular weight is 635 g/mol. The topological polar surface area (TPSA) is 97.4 Å². The van der Waals surface area contributed by atoms with E-state index in [4.69, 9.17) is 22.8 Å². The van der Waals surface area contributed by atoms with Crippen LogP contribution >= 0.6 is 15.2 Å². The van der Waals surface area contributed by atoms with E-state index in [0.29, 0.717) is 11.1 Å². The lowest BCUT2D eigenvalue weighted by Crippen LogP contribution is -2.31. The molecule has 0 fully saturated rings. The third-order valence-electron chi connectivity index (χ3n) is 7.28. The standard InChI is InChI=1S/C34H36O8P2/c1-34(2)31-21-13-12-20-30(31)26-41-44(37,40-25-29-18-10-5-11-19-29)33(22-32(35)42-34)43(36,38-23-27-14-6-3-7-15-27)39-24-28-16-8-4-9-17-28/h3-21,33H,22-26H2,1-2H3. The van der Waals surface area contributed by atoms with Crippen LogP contribution < -0.4 is 0 Å². The maximum atomic E-state index is 15.0. The van der Waals surface area contributed by atoms with Gasteiger partial charge in [0.2, 0.25) is 0 Å². The van der Waals surface area contributed by atoms with Gasteiger partial charge < -0.3 is 22.8 Å². The summed E-state index contributed by atoms with van der Waals surface area (Å²) >= 11 is 0. The highest BCUT2D eigenvalue weighted by molar-refractivity contribution is 7.72. The molecular weight excluding hydrogens is 598 g/mol. The van der Waals surface area contributed by atoms with Crippen LogP contribution in [0.25, 0.3) is 0 Å². The maximum absolute atomic E-state index is 15.0. The largest absolute Gasteiger partial charge is 0.455 e. The molecule has 0 spiro atoms. The predicted molar refractivity (Wildman–Crippen MR) is 168 cm³/mol. The minimum absolute atomic E-state index is 0.117. The van der Waals surface area contributed by atoms with Crippen molar-refractivity contribution in [3.05, 3.63) is 143 Å². The third kappa shape index (κ3) is 8.02. The van der Waals surface area contributed by atoms with Gasteiger partial charge in [0.05, 0.1) is 32.8 Å². The van der Waals surface area contributed by atoms with Gasteiger partial charge in [0.15, 0.2) is 5.40 Å². The van der Waals surface area contributed by atoms with Crippen LogP contribution in [0.3, 0.4) is 0 Å². The number of cyclic esters (lactones) is 1. The highest BCUT2D eigenvalue weighted by atomic mass is 31.2. The smallest absolute Gasteiger partial charge is 0.347 e. The Labute approximate surface area is 258 Å². The number of carbonyl (C=O) groups excluding carboxylic acids is 1. The highest BCUT2D eigenvalue weighted by Crippen LogP contribution is 2.72. The van der Waals surface area contributed by atoms with E-state index in [2.05, 4.69) is 0 Å². The molecule has 0 aromatic heterocycles. The van der Waals surface area contributed by atoms with E-state index in [9.17, 15) is 13.9 Å². The fraction of sp³-hybridized carbons (Fsp3) is 0.265. The Bertz CT molecular complexity index is 1580. The third-order valence-corrected chi connectivity index (χ3v) is 12.8. The van der Waals surface area contributed by atoms with Crippen molar-refractivity contribution in [2.45, 2.75) is 57.7 Å². The zero-order chi connectivity index (χ0) is 31.0. The van der Waals surface area contributed by atoms with E-state index in [0.717, 1.165) is 16.7 Å². The lowest BCUT2D eigenvalue weighted by Gasteiger charge is -2.35. The number of ether oxygens (including phenoxy) is 1. The molecule has 0 saturated carbocycles. The summed E-state index contributed by atoms with van der Waals surface area (Å²) in [6.45, 7) is 3.04. The second kappa shape index (κ2) is 14.2. The summed E-state index contributed by atoms with van der Waals surface area (Å²) in [6.07, 6.45) is -0.585. The van der Waals surface area contributed by atoms with Crippen molar-refractivity contribution in [2.24, 2.45) is 0 Å². The molecule has 8 nitrogen and oxygen atoms in total. The molecule has 0 N–H and O–H groups in total. The van der Waals surface area contributed by atoms with Gasteiger partial charge in [-0.15, -0.1) is 0 Å². The van der Waals surface area contributed by atoms with Crippen LogP contribution in [-0.2, 0) is 68.8 Å². The molecule has 44 heavy (non-hydrogen) atoms. The zero-order valence-electron chi connectivity index (χ0n) is 24.7. The second-order valence-electron chi connectivity index (χ2n) is 11.0. The Morgan fingerprint density at radius 1 is 0.750 bits per heavy atom. The molecule has 4 aromatic carbocycles. The summed E-state index contributed by atoms with van der Waals surface area (Å²) in [5, 5.41) is -1.61. The van der Waals surface area contributed by atoms with Gasteiger partial charge in [0.1, 0.15) is 5.60 Å². The molecule has 10 heteroatoms. The van der Waals surface area contributed by atoms with Crippen LogP contribution in [0.5, 0.6) is 0 Å². The number of esters is 1. The van der Waals surface area contributed by atoms with Crippen molar-refractivity contribution in [3.63, 3.8) is 0 Å². The first-order valence-corrected chi connectivity index (χ1v) is 17.6. The van der Waals surface area contributed by atoms with Gasteiger partial charge in [0.25, 0.3) is 0 Å². The van der Waals surface area contributed by atoms with Gasteiger partial charge in [-0.1, -0.05) is 115 Å². The fourth-order valence-corrected chi connectivity index (χ4v) is 10.0. The molecule has 0 aliphatic carbocycles. The molecule has 4 aromatic rings. The molecule has 1 aliphatic rings. The van der Waals surface area contributed by atoms with E-state index in [1.807, 2.05) is 109 Å². The Morgan fingerprint density at radius 3 is 1.77 bits per heavy atom. The van der Waals surface area contributed by atoms with Gasteiger partial charge in [-0.25, -0.2) is 0 Å². The summed E-state index contributed by atoms with van der Waals surface area (Å²) in [4.78, 5) is 13.6. The van der Waals surface area contributed by atoms with Crippen molar-refractivity contribution in [2.75, 3.05) is 0 Å². The molecule has 2 atom stereocenters. The Kier molecular flexibility index (Phi) is 10.3. The summed E-state index contributed by atoms with van der Waals surface area (Å²) in [6, 6.07) is 34.7. The molecule has 230 valence electrons. The Balaban J connectivity index is 1.57. The van der Waals surface area contributed by atoms with Crippen LogP contribution in [0, 0.1) is 0 Å². The number of hydrogen-bond acceptors (Lipinski definition) is 8. The minimum atomic E-state index is -4.43. The Morgan fingerprint density at radius 2 is 1.23 bits per heavy atom. The van der Waals surface area contributed by atoms with Crippen molar-refractivity contribution in [3.8, 4) is 0 Å². The van der Waals surface area contributed by atoms with E-state index in [1.54, 1.807) is 19.9 Å². The SMILES string of the molecule is CC1(C)OC(=O)CC(P(=O)(OCc2ccccc2)OCc2ccccc2)P(=O)(OCc2ccccc2)OCc2ccccc21. The van der Waals surface area contributed by atoms with Crippen LogP contribution in [0.2, 0.25) is 0 Å². The molecule has 2 unspecified atom stereocenters. The normalized spacial score (nSPS) is 20.3. The molecular formula is C34H36O8P2. The van der Waals surface area contributed by atoms with Crippen molar-refractivity contribution >= 4 is 21.2 Å². The monoisotopic (exact) mass is 634 g/mol. The van der Waals surface area contributed by atoms with Crippen molar-refractivity contribution in [1.82, 2.24) is 0 Å². The summed E-state index contributed by atoms with van der Waals surface area (Å²) in [5.41, 5.74) is 2.46. The molecule has 5 rings (SSSR count). The van der Waals surface area contributed by atoms with Crippen molar-refractivity contribution in [1.29, 1.82) is 0 Å². The molecule has 1 aliphatic heterocycles. The number of carbonyl (C=O) groups is 1. The maximum Gasteiger partial charge on any atom is 0.347 e. The van der Waals surface area contributed by atoms with Crippen LogP contribution in [0.15, 0.2) is 115 Å². The number of benzene rings is 4. The van der Waals surface area contributed by atoms with Gasteiger partial charge in [-0.2, -0.15) is 0 Å². The fourth-order valence-electron chi connectivity index (χ4n) is 4.96. The zero-order valence-corrected chi connectivity index (χ0v) is 26.5. The second-order valence-corrected chi connectivity index (χ2v) is 15.8. The number of fused-ring (bicyclic) bond motifs is 1. The molecule has 0 radical (unpaired) electrons. The first kappa shape index (κ1) is 32.1. The molecule has 0 amide bonds. The van der Waals surface area contributed by atoms with E-state index < -0.39 is 38.6 Å². The van der Waals surface area contributed by atoms with E-state index in [-0.39, 0.29) is 26.4 Å². The highest BCUT2D eigenvalue weighted by Gasteiger charge is 2.53. The van der Waals surface area contributed by atoms with Gasteiger partial charge >= 0.3 is 21.2 Å². The summed E-state index contributed by atoms with van der Waals surface area (Å²) in [5.74, 6) is -0.740. The predicted octanol–water partition coefficient (Wildman–Crippen LogP) is 8.75. The molecule has 0 bridgehead atoms. The first-order valence-electron chi connectivity index (χ1n) is 14.4. The lowest BCUT2D eigenvalue weighted by molar-refractivity contribution is -0.157. The van der Waals surface area contributed by atoms with Gasteiger partial charge in [0, 0.05) is 5.56 Å². The van der Waals surface area contributed by atoms with Crippen LogP contribution in [0.1, 0.15) is 48.1 Å². The van der Waals surface area contributed by atoms with Crippen LogP contribution in [-0.4, -0.2) is 11.4 Å². The molecule has 0 saturated heterocycles. The summed E-state index contributed by atoms with van der Waals surface area (Å²) in [7, 11) is -8.85. The quantitative estimate of drug-likeness (QED) is 0.126. The van der Waals surface area contributed by atoms with E-state index >= 15 is 0 Å². The first-order chi connectivity index (χ1) is 21.2. The Hall–Kier alpha value is -3.35. The van der Waals surface area contributed by atoms with Crippen molar-refractivity contribution < 1.29 is 36.8 Å². The molecule has 1 heterocycles. The lowest BCUT2D eigenvalue weighted by atomic mass is 9.93. The van der Waals surface area contributed by atoms with Gasteiger partial charge in [-0.3, -0.25) is 13.9 Å². The number of hydrogen-bond donors (Lipinski definition) is 0. The minimum Gasteiger partial charge on any atom is -0.455 e. The summed E-state index contributed by atoms with van der Waals surface area (Å²) < 4.78 is 60.2.